The highest BCUT2D eigenvalue weighted by atomic mass is 127. The number of nitrogens with zero attached hydrogens (tertiary/aromatic N) is 5. The number of methoxy groups -OCH3 is 2. The summed E-state index contributed by atoms with van der Waals surface area (Å²) in [5.74, 6) is -0.701. The molecule has 15 heteroatoms. The molecule has 13 nitrogen and oxygen atoms in total. The van der Waals surface area contributed by atoms with Crippen LogP contribution in [0.1, 0.15) is 29.6 Å². The normalized spacial score (nSPS) is 18.7. The van der Waals surface area contributed by atoms with E-state index in [1.165, 1.54) is 40.3 Å². The summed E-state index contributed by atoms with van der Waals surface area (Å²) in [5, 5.41) is 11.0. The number of halogens is 2. The number of fused-ring (bicyclic) bond motifs is 4. The van der Waals surface area contributed by atoms with Gasteiger partial charge in [-0.1, -0.05) is 22.0 Å². The van der Waals surface area contributed by atoms with Crippen molar-refractivity contribution in [3.8, 4) is 17.2 Å². The van der Waals surface area contributed by atoms with Crippen LogP contribution >= 0.6 is 38.5 Å². The minimum atomic E-state index is -0.828. The summed E-state index contributed by atoms with van der Waals surface area (Å²) in [6.45, 7) is -0.108. The Bertz CT molecular complexity index is 2400. The Morgan fingerprint density at radius 2 is 1.77 bits per heavy atom. The van der Waals surface area contributed by atoms with Gasteiger partial charge in [0.05, 0.1) is 41.4 Å². The van der Waals surface area contributed by atoms with E-state index in [0.29, 0.717) is 38.1 Å². The lowest BCUT2D eigenvalue weighted by molar-refractivity contribution is -0.115. The molecule has 0 fully saturated rings. The van der Waals surface area contributed by atoms with Crippen molar-refractivity contribution in [3.05, 3.63) is 110 Å². The first-order chi connectivity index (χ1) is 22.9. The molecule has 0 unspecified atom stereocenters. The molecule has 0 saturated carbocycles. The van der Waals surface area contributed by atoms with Gasteiger partial charge in [0.1, 0.15) is 11.4 Å². The minimum Gasteiger partial charge on any atom is -0.508 e. The van der Waals surface area contributed by atoms with Crippen molar-refractivity contribution in [1.29, 1.82) is 0 Å². The molecule has 2 aromatic heterocycles. The number of carbonyl (C=O) groups excluding carboxylic acids is 2. The molecule has 2 aromatic carbocycles. The van der Waals surface area contributed by atoms with E-state index in [1.54, 1.807) is 37.4 Å². The number of ether oxygens (including phenoxy) is 2. The molecule has 1 N–H and O–H groups in total. The molecule has 3 aliphatic rings. The Balaban J connectivity index is 1.30. The number of benzene rings is 2. The number of ketones is 2. The number of aromatic hydroxyl groups is 1. The van der Waals surface area contributed by atoms with Crippen molar-refractivity contribution in [2.75, 3.05) is 14.2 Å². The summed E-state index contributed by atoms with van der Waals surface area (Å²) in [4.78, 5) is 72.5. The zero-order chi connectivity index (χ0) is 34.2. The Kier molecular flexibility index (Phi) is 7.93. The number of phenols is 1. The summed E-state index contributed by atoms with van der Waals surface area (Å²) in [6.07, 6.45) is 3.07. The number of aromatic nitrogens is 5. The number of hydrogen-bond donors (Lipinski definition) is 1. The van der Waals surface area contributed by atoms with Crippen LogP contribution in [-0.4, -0.2) is 54.4 Å². The third-order valence-corrected chi connectivity index (χ3v) is 10.5. The van der Waals surface area contributed by atoms with Gasteiger partial charge in [0.25, 0.3) is 5.56 Å². The average Bonchev–Trinajstić information content (AvgIpc) is 3.32. The van der Waals surface area contributed by atoms with Crippen molar-refractivity contribution < 1.29 is 24.2 Å². The second-order valence-corrected chi connectivity index (χ2v) is 13.7. The summed E-state index contributed by atoms with van der Waals surface area (Å²) in [5.41, 5.74) is 1.09. The maximum atomic E-state index is 14.1. The smallest absolute Gasteiger partial charge is 0.347 e. The summed E-state index contributed by atoms with van der Waals surface area (Å²) in [7, 11) is 4.59. The molecule has 48 heavy (non-hydrogen) atoms. The number of allylic oxidation sites excluding steroid dienone is 6. The topological polar surface area (TPSA) is 157 Å². The van der Waals surface area contributed by atoms with E-state index in [1.807, 2.05) is 22.6 Å². The SMILES string of the molecule is COc1cc2nc(CCn3c(=O)n4n(c3=O)[C@@H]3CC5=C(C(=O)C(I)=CC5=O)[C@@H](c5cc(Br)ccc5O)C3=CC4)c(=O)n(C)c2cc1OC. The molecule has 7 rings (SSSR count). The molecule has 0 bridgehead atoms. The van der Waals surface area contributed by atoms with Crippen molar-refractivity contribution in [1.82, 2.24) is 23.5 Å². The largest absolute Gasteiger partial charge is 0.508 e. The van der Waals surface area contributed by atoms with Crippen LogP contribution in [0, 0.1) is 0 Å². The van der Waals surface area contributed by atoms with Crippen molar-refractivity contribution >= 4 is 61.1 Å². The average molecular weight is 828 g/mol. The maximum absolute atomic E-state index is 14.1. The molecular formula is C33H27BrIN5O8. The van der Waals surface area contributed by atoms with Gasteiger partial charge in [-0.2, -0.15) is 0 Å². The third-order valence-electron chi connectivity index (χ3n) is 9.20. The first-order valence-electron chi connectivity index (χ1n) is 14.9. The van der Waals surface area contributed by atoms with Gasteiger partial charge in [-0.05, 0) is 46.4 Å². The van der Waals surface area contributed by atoms with E-state index in [2.05, 4.69) is 20.9 Å². The lowest BCUT2D eigenvalue weighted by Crippen LogP contribution is -2.40. The number of Topliss-reactive ketones (excluding diaryl/α,β-unsaturated/α-hetero) is 1. The quantitative estimate of drug-likeness (QED) is 0.175. The Morgan fingerprint density at radius 3 is 2.50 bits per heavy atom. The molecule has 0 amide bonds. The molecule has 1 aliphatic heterocycles. The van der Waals surface area contributed by atoms with Gasteiger partial charge in [-0.15, -0.1) is 0 Å². The number of carbonyl (C=O) groups is 2. The van der Waals surface area contributed by atoms with Crippen LogP contribution < -0.4 is 26.4 Å². The summed E-state index contributed by atoms with van der Waals surface area (Å²) >= 11 is 5.29. The highest BCUT2D eigenvalue weighted by Crippen LogP contribution is 2.52. The van der Waals surface area contributed by atoms with E-state index in [9.17, 15) is 29.1 Å². The zero-order valence-corrected chi connectivity index (χ0v) is 29.6. The summed E-state index contributed by atoms with van der Waals surface area (Å²) < 4.78 is 16.8. The van der Waals surface area contributed by atoms with E-state index in [0.717, 1.165) is 4.57 Å². The fourth-order valence-corrected chi connectivity index (χ4v) is 7.86. The molecule has 4 aromatic rings. The third kappa shape index (κ3) is 4.84. The number of rotatable bonds is 6. The first-order valence-corrected chi connectivity index (χ1v) is 16.7. The van der Waals surface area contributed by atoms with Crippen LogP contribution in [0.4, 0.5) is 0 Å². The van der Waals surface area contributed by atoms with E-state index in [4.69, 9.17) is 9.47 Å². The highest BCUT2D eigenvalue weighted by Gasteiger charge is 2.45. The van der Waals surface area contributed by atoms with Crippen molar-refractivity contribution in [2.45, 2.75) is 37.9 Å². The van der Waals surface area contributed by atoms with Crippen LogP contribution in [-0.2, 0) is 36.1 Å². The lowest BCUT2D eigenvalue weighted by atomic mass is 9.68. The zero-order valence-electron chi connectivity index (χ0n) is 25.8. The van der Waals surface area contributed by atoms with Crippen LogP contribution in [0.15, 0.2) is 81.6 Å². The predicted molar refractivity (Wildman–Crippen MR) is 186 cm³/mol. The van der Waals surface area contributed by atoms with Gasteiger partial charge in [-0.25, -0.2) is 28.5 Å². The lowest BCUT2D eigenvalue weighted by Gasteiger charge is -2.39. The fraction of sp³-hybridized carbons (Fsp3) is 0.273. The number of hydrogen-bond acceptors (Lipinski definition) is 9. The molecule has 246 valence electrons. The second kappa shape index (κ2) is 11.9. The molecule has 0 spiro atoms. The summed E-state index contributed by atoms with van der Waals surface area (Å²) in [6, 6.07) is 7.38. The predicted octanol–water partition coefficient (Wildman–Crippen LogP) is 3.22. The van der Waals surface area contributed by atoms with Crippen LogP contribution in [0.25, 0.3) is 11.0 Å². The van der Waals surface area contributed by atoms with Crippen LogP contribution in [0.5, 0.6) is 17.2 Å². The monoisotopic (exact) mass is 827 g/mol. The van der Waals surface area contributed by atoms with Crippen molar-refractivity contribution in [2.24, 2.45) is 7.05 Å². The molecule has 2 aliphatic carbocycles. The minimum absolute atomic E-state index is 0.0128. The van der Waals surface area contributed by atoms with Gasteiger partial charge in [0.2, 0.25) is 0 Å². The number of phenolic OH excluding ortho intramolecular Hbond substituents is 1. The van der Waals surface area contributed by atoms with Crippen LogP contribution in [0.3, 0.4) is 0 Å². The van der Waals surface area contributed by atoms with Gasteiger partial charge >= 0.3 is 11.4 Å². The molecular weight excluding hydrogens is 801 g/mol. The Labute approximate surface area is 293 Å². The highest BCUT2D eigenvalue weighted by molar-refractivity contribution is 14.1. The fourth-order valence-electron chi connectivity index (χ4n) is 6.91. The molecule has 3 heterocycles. The Hall–Kier alpha value is -4.51. The van der Waals surface area contributed by atoms with Gasteiger partial charge in [0.15, 0.2) is 23.1 Å². The standard InChI is InChI=1S/C33H27BrIN5O8/c1-37-23-14-27(48-3)26(47-2)13-21(23)36-20(31(37)44)7-8-38-32(45)39-9-6-16-22(40(39)33(38)46)11-18-25(42)12-19(35)30(43)29(18)28(16)17-10-15(34)4-5-24(17)41/h4-6,10,12-14,22,28,41H,7-9,11H2,1-3H3/t22-,28-/m1/s1. The maximum Gasteiger partial charge on any atom is 0.347 e. The number of aryl methyl sites for hydroxylation is 2. The van der Waals surface area contributed by atoms with Gasteiger partial charge < -0.3 is 19.1 Å². The van der Waals surface area contributed by atoms with Crippen molar-refractivity contribution in [3.63, 3.8) is 0 Å². The first kappa shape index (κ1) is 32.1. The molecule has 0 saturated heterocycles. The van der Waals surface area contributed by atoms with E-state index in [-0.39, 0.29) is 69.2 Å². The Morgan fingerprint density at radius 1 is 1.04 bits per heavy atom. The molecule has 0 radical (unpaired) electrons. The molecule has 2 atom stereocenters. The van der Waals surface area contributed by atoms with E-state index < -0.39 is 23.3 Å². The van der Waals surface area contributed by atoms with Gasteiger partial charge in [0, 0.05) is 71.7 Å². The van der Waals surface area contributed by atoms with Gasteiger partial charge in [-0.3, -0.25) is 14.4 Å². The van der Waals surface area contributed by atoms with E-state index >= 15 is 0 Å². The van der Waals surface area contributed by atoms with Crippen LogP contribution in [0.2, 0.25) is 0 Å². The second-order valence-electron chi connectivity index (χ2n) is 11.7.